The fourth-order valence-electron chi connectivity index (χ4n) is 4.71. The first-order valence-corrected chi connectivity index (χ1v) is 14.1. The number of fused-ring (bicyclic) bond motifs is 2. The fourth-order valence-corrected chi connectivity index (χ4v) is 5.70. The number of carbonyl (C=O) groups is 2. The van der Waals surface area contributed by atoms with Gasteiger partial charge in [-0.3, -0.25) is 14.5 Å². The van der Waals surface area contributed by atoms with Crippen LogP contribution in [0.3, 0.4) is 0 Å². The topological polar surface area (TPSA) is 108 Å². The molecule has 0 radical (unpaired) electrons. The number of amides is 1. The zero-order chi connectivity index (χ0) is 28.4. The van der Waals surface area contributed by atoms with E-state index in [4.69, 9.17) is 18.6 Å². The van der Waals surface area contributed by atoms with Crippen molar-refractivity contribution in [2.45, 2.75) is 46.6 Å². The lowest BCUT2D eigenvalue weighted by atomic mass is 9.98. The molecule has 2 aromatic heterocycles. The molecule has 0 aliphatic carbocycles. The summed E-state index contributed by atoms with van der Waals surface area (Å²) in [5, 5.41) is 0.625. The molecule has 40 heavy (non-hydrogen) atoms. The third-order valence-electron chi connectivity index (χ3n) is 6.57. The Hall–Kier alpha value is -4.18. The summed E-state index contributed by atoms with van der Waals surface area (Å²) in [5.41, 5.74) is 1.26. The van der Waals surface area contributed by atoms with Crippen LogP contribution in [0.25, 0.3) is 11.0 Å². The van der Waals surface area contributed by atoms with Crippen LogP contribution in [0.15, 0.2) is 51.7 Å². The number of ether oxygens (including phenoxy) is 3. The smallest absolute Gasteiger partial charge is 0.350 e. The molecule has 1 atom stereocenters. The van der Waals surface area contributed by atoms with Gasteiger partial charge in [0.05, 0.1) is 42.5 Å². The minimum atomic E-state index is -0.868. The number of para-hydroxylation sites is 1. The number of thiazole rings is 1. The van der Waals surface area contributed by atoms with Gasteiger partial charge >= 0.3 is 5.97 Å². The maximum Gasteiger partial charge on any atom is 0.350 e. The first-order chi connectivity index (χ1) is 19.4. The number of rotatable bonds is 10. The minimum Gasteiger partial charge on any atom is -0.490 e. The molecule has 208 valence electrons. The Kier molecular flexibility index (Phi) is 7.88. The van der Waals surface area contributed by atoms with Crippen LogP contribution < -0.4 is 19.8 Å². The molecule has 3 heterocycles. The predicted molar refractivity (Wildman–Crippen MR) is 152 cm³/mol. The van der Waals surface area contributed by atoms with Gasteiger partial charge in [0.25, 0.3) is 5.91 Å². The number of benzene rings is 2. The molecule has 5 rings (SSSR count). The molecule has 0 spiro atoms. The Morgan fingerprint density at radius 2 is 1.85 bits per heavy atom. The molecule has 2 aromatic carbocycles. The summed E-state index contributed by atoms with van der Waals surface area (Å²) >= 11 is 1.04. The summed E-state index contributed by atoms with van der Waals surface area (Å²) in [6, 6.07) is 11.3. The Morgan fingerprint density at radius 3 is 2.60 bits per heavy atom. The van der Waals surface area contributed by atoms with Gasteiger partial charge in [0.1, 0.15) is 10.5 Å². The number of esters is 1. The van der Waals surface area contributed by atoms with Gasteiger partial charge in [-0.1, -0.05) is 42.9 Å². The number of aromatic nitrogens is 1. The fraction of sp³-hybridized carbons (Fsp3) is 0.333. The summed E-state index contributed by atoms with van der Waals surface area (Å²) in [5.74, 6) is -0.00892. The van der Waals surface area contributed by atoms with E-state index in [-0.39, 0.29) is 28.5 Å². The third-order valence-corrected chi connectivity index (χ3v) is 7.71. The maximum absolute atomic E-state index is 13.9. The molecule has 0 fully saturated rings. The standard InChI is InChI=1S/C30H30N2O7S/c1-5-8-15-38-21-14-13-18(16-22(21)36-6-2)24-23-25(33)19-11-9-10-12-20(19)39-26(23)28(34)32(24)30-31-17(4)27(40-30)29(35)37-7-3/h9-14,16,24H,5-8,15H2,1-4H3. The van der Waals surface area contributed by atoms with Gasteiger partial charge in [-0.25, -0.2) is 9.78 Å². The van der Waals surface area contributed by atoms with Crippen molar-refractivity contribution in [3.8, 4) is 11.5 Å². The molecular weight excluding hydrogens is 532 g/mol. The zero-order valence-electron chi connectivity index (χ0n) is 22.8. The van der Waals surface area contributed by atoms with Crippen LogP contribution in [-0.4, -0.2) is 36.7 Å². The molecule has 1 unspecified atom stereocenters. The van der Waals surface area contributed by atoms with Crippen molar-refractivity contribution < 1.29 is 28.2 Å². The highest BCUT2D eigenvalue weighted by molar-refractivity contribution is 7.17. The van der Waals surface area contributed by atoms with Crippen LogP contribution in [0.4, 0.5) is 5.13 Å². The van der Waals surface area contributed by atoms with Crippen LogP contribution >= 0.6 is 11.3 Å². The average Bonchev–Trinajstić information content (AvgIpc) is 3.47. The van der Waals surface area contributed by atoms with Crippen molar-refractivity contribution >= 4 is 39.3 Å². The molecule has 0 saturated heterocycles. The van der Waals surface area contributed by atoms with Crippen molar-refractivity contribution in [1.29, 1.82) is 0 Å². The zero-order valence-corrected chi connectivity index (χ0v) is 23.6. The lowest BCUT2D eigenvalue weighted by Gasteiger charge is -2.23. The van der Waals surface area contributed by atoms with Crippen LogP contribution in [0.5, 0.6) is 11.5 Å². The second kappa shape index (κ2) is 11.5. The van der Waals surface area contributed by atoms with Crippen LogP contribution in [0.2, 0.25) is 0 Å². The summed E-state index contributed by atoms with van der Waals surface area (Å²) < 4.78 is 23.1. The normalized spacial score (nSPS) is 14.4. The van der Waals surface area contributed by atoms with Crippen LogP contribution in [0, 0.1) is 6.92 Å². The second-order valence-corrected chi connectivity index (χ2v) is 10.2. The van der Waals surface area contributed by atoms with E-state index in [1.54, 1.807) is 50.2 Å². The molecule has 0 N–H and O–H groups in total. The largest absolute Gasteiger partial charge is 0.490 e. The number of hydrogen-bond acceptors (Lipinski definition) is 9. The molecule has 4 aromatic rings. The highest BCUT2D eigenvalue weighted by Gasteiger charge is 2.45. The van der Waals surface area contributed by atoms with Crippen LogP contribution in [0.1, 0.15) is 76.7 Å². The van der Waals surface area contributed by atoms with Crippen molar-refractivity contribution in [3.63, 3.8) is 0 Å². The molecule has 0 saturated carbocycles. The van der Waals surface area contributed by atoms with Crippen molar-refractivity contribution in [2.75, 3.05) is 24.7 Å². The van der Waals surface area contributed by atoms with Gasteiger partial charge in [0.15, 0.2) is 22.1 Å². The van der Waals surface area contributed by atoms with E-state index >= 15 is 0 Å². The minimum absolute atomic E-state index is 0.0551. The highest BCUT2D eigenvalue weighted by atomic mass is 32.1. The second-order valence-electron chi connectivity index (χ2n) is 9.22. The molecule has 9 nitrogen and oxygen atoms in total. The Labute approximate surface area is 235 Å². The molecule has 0 bridgehead atoms. The van der Waals surface area contributed by atoms with E-state index in [9.17, 15) is 14.4 Å². The Bertz CT molecular complexity index is 1640. The lowest BCUT2D eigenvalue weighted by Crippen LogP contribution is -2.29. The van der Waals surface area contributed by atoms with E-state index in [2.05, 4.69) is 11.9 Å². The average molecular weight is 563 g/mol. The van der Waals surface area contributed by atoms with Gasteiger partial charge in [-0.15, -0.1) is 0 Å². The summed E-state index contributed by atoms with van der Waals surface area (Å²) in [7, 11) is 0. The number of aryl methyl sites for hydroxylation is 1. The lowest BCUT2D eigenvalue weighted by molar-refractivity contribution is 0.0531. The SMILES string of the molecule is CCCCOc1ccc(C2c3c(oc4ccccc4c3=O)C(=O)N2c2nc(C)c(C(=O)OCC)s2)cc1OCC. The van der Waals surface area contributed by atoms with Crippen molar-refractivity contribution in [2.24, 2.45) is 0 Å². The third kappa shape index (κ3) is 4.83. The van der Waals surface area contributed by atoms with E-state index in [0.29, 0.717) is 51.8 Å². The monoisotopic (exact) mass is 562 g/mol. The predicted octanol–water partition coefficient (Wildman–Crippen LogP) is 6.06. The first-order valence-electron chi connectivity index (χ1n) is 13.3. The van der Waals surface area contributed by atoms with E-state index < -0.39 is 17.9 Å². The van der Waals surface area contributed by atoms with E-state index in [1.165, 1.54) is 4.90 Å². The number of anilines is 1. The quantitative estimate of drug-likeness (QED) is 0.169. The Morgan fingerprint density at radius 1 is 1.05 bits per heavy atom. The van der Waals surface area contributed by atoms with Gasteiger partial charge in [-0.05, 0) is 57.0 Å². The van der Waals surface area contributed by atoms with Gasteiger partial charge in [0.2, 0.25) is 5.76 Å². The van der Waals surface area contributed by atoms with Gasteiger partial charge in [-0.2, -0.15) is 0 Å². The number of carbonyl (C=O) groups excluding carboxylic acids is 2. The number of nitrogens with zero attached hydrogens (tertiary/aromatic N) is 2. The molecule has 10 heteroatoms. The molecule has 1 aliphatic rings. The first kappa shape index (κ1) is 27.4. The van der Waals surface area contributed by atoms with Crippen LogP contribution in [-0.2, 0) is 4.74 Å². The summed E-state index contributed by atoms with van der Waals surface area (Å²) in [6.45, 7) is 8.51. The summed E-state index contributed by atoms with van der Waals surface area (Å²) in [6.07, 6.45) is 1.88. The molecular formula is C30H30N2O7S. The van der Waals surface area contributed by atoms with E-state index in [1.807, 2.05) is 13.0 Å². The van der Waals surface area contributed by atoms with Crippen molar-refractivity contribution in [3.05, 3.63) is 80.1 Å². The maximum atomic E-state index is 13.9. The molecule has 1 amide bonds. The number of unbranched alkanes of at least 4 members (excludes halogenated alkanes) is 1. The number of hydrogen-bond donors (Lipinski definition) is 0. The van der Waals surface area contributed by atoms with Crippen molar-refractivity contribution in [1.82, 2.24) is 4.98 Å². The van der Waals surface area contributed by atoms with Gasteiger partial charge in [0, 0.05) is 0 Å². The molecule has 1 aliphatic heterocycles. The summed E-state index contributed by atoms with van der Waals surface area (Å²) in [4.78, 5) is 46.6. The van der Waals surface area contributed by atoms with Gasteiger partial charge < -0.3 is 18.6 Å². The van der Waals surface area contributed by atoms with E-state index in [0.717, 1.165) is 24.2 Å². The highest BCUT2D eigenvalue weighted by Crippen LogP contribution is 2.45. The Balaban J connectivity index is 1.70.